The number of nitrogens with zero attached hydrogens (tertiary/aromatic N) is 3. The number of hydrogen-bond acceptors (Lipinski definition) is 3. The van der Waals surface area contributed by atoms with Gasteiger partial charge in [-0.25, -0.2) is 0 Å². The number of carbonyl (C=O) groups is 1. The molecule has 1 amide bonds. The second kappa shape index (κ2) is 7.01. The molecule has 0 aliphatic heterocycles. The van der Waals surface area contributed by atoms with Gasteiger partial charge in [0.2, 0.25) is 0 Å². The van der Waals surface area contributed by atoms with Crippen LogP contribution in [0.4, 0.5) is 5.82 Å². The lowest BCUT2D eigenvalue weighted by molar-refractivity contribution is 0.101. The molecule has 3 rings (SSSR count). The van der Waals surface area contributed by atoms with Gasteiger partial charge in [0.05, 0.1) is 0 Å². The Kier molecular flexibility index (Phi) is 4.81. The number of fused-ring (bicyclic) bond motifs is 1. The fourth-order valence-corrected chi connectivity index (χ4v) is 2.98. The van der Waals surface area contributed by atoms with Crippen LogP contribution < -0.4 is 5.32 Å². The Hall–Kier alpha value is -2.40. The summed E-state index contributed by atoms with van der Waals surface area (Å²) in [5.41, 5.74) is 2.72. The summed E-state index contributed by atoms with van der Waals surface area (Å²) in [5, 5.41) is 11.9. The van der Waals surface area contributed by atoms with Crippen molar-refractivity contribution in [1.82, 2.24) is 14.8 Å². The molecule has 124 valence electrons. The van der Waals surface area contributed by atoms with E-state index < -0.39 is 0 Å². The lowest BCUT2D eigenvalue weighted by Crippen LogP contribution is -2.19. The minimum absolute atomic E-state index is 0.184. The molecule has 1 aromatic carbocycles. The highest BCUT2D eigenvalue weighted by Crippen LogP contribution is 2.26. The highest BCUT2D eigenvalue weighted by molar-refractivity contribution is 6.29. The number of amides is 1. The molecular weight excluding hydrogens is 324 g/mol. The molecule has 0 saturated heterocycles. The van der Waals surface area contributed by atoms with Crippen LogP contribution in [0.2, 0.25) is 5.15 Å². The SMILES string of the molecule is CCCCn1c(C(=O)Nc2ccc(Cl)nn2)c(C)c2ccccc21. The van der Waals surface area contributed by atoms with Gasteiger partial charge in [-0.3, -0.25) is 4.79 Å². The molecule has 0 spiro atoms. The van der Waals surface area contributed by atoms with Gasteiger partial charge in [-0.15, -0.1) is 10.2 Å². The summed E-state index contributed by atoms with van der Waals surface area (Å²) in [5.74, 6) is 0.201. The van der Waals surface area contributed by atoms with Crippen molar-refractivity contribution >= 4 is 34.2 Å². The van der Waals surface area contributed by atoms with E-state index in [1.165, 1.54) is 0 Å². The molecule has 6 heteroatoms. The molecule has 0 radical (unpaired) electrons. The zero-order valence-corrected chi connectivity index (χ0v) is 14.5. The van der Waals surface area contributed by atoms with E-state index in [2.05, 4.69) is 33.1 Å². The zero-order valence-electron chi connectivity index (χ0n) is 13.7. The molecule has 0 fully saturated rings. The molecule has 0 unspecified atom stereocenters. The van der Waals surface area contributed by atoms with Gasteiger partial charge >= 0.3 is 0 Å². The van der Waals surface area contributed by atoms with Gasteiger partial charge in [-0.05, 0) is 37.1 Å². The van der Waals surface area contributed by atoms with Crippen LogP contribution in [0.25, 0.3) is 10.9 Å². The summed E-state index contributed by atoms with van der Waals surface area (Å²) < 4.78 is 2.09. The van der Waals surface area contributed by atoms with Crippen LogP contribution in [0.1, 0.15) is 35.8 Å². The van der Waals surface area contributed by atoms with Crippen molar-refractivity contribution in [3.8, 4) is 0 Å². The lowest BCUT2D eigenvalue weighted by Gasteiger charge is -2.11. The first-order valence-corrected chi connectivity index (χ1v) is 8.38. The summed E-state index contributed by atoms with van der Waals surface area (Å²) in [6.07, 6.45) is 2.08. The molecule has 2 heterocycles. The van der Waals surface area contributed by atoms with E-state index in [9.17, 15) is 4.79 Å². The second-order valence-electron chi connectivity index (χ2n) is 5.69. The summed E-state index contributed by atoms with van der Waals surface area (Å²) in [7, 11) is 0. The maximum Gasteiger partial charge on any atom is 0.273 e. The average molecular weight is 343 g/mol. The molecule has 3 aromatic rings. The Bertz CT molecular complexity index is 871. The van der Waals surface area contributed by atoms with Crippen molar-refractivity contribution < 1.29 is 4.79 Å². The Morgan fingerprint density at radius 1 is 1.21 bits per heavy atom. The fourth-order valence-electron chi connectivity index (χ4n) is 2.88. The van der Waals surface area contributed by atoms with Gasteiger partial charge in [0.15, 0.2) is 11.0 Å². The van der Waals surface area contributed by atoms with Crippen LogP contribution in [0.3, 0.4) is 0 Å². The Balaban J connectivity index is 2.01. The van der Waals surface area contributed by atoms with E-state index in [0.717, 1.165) is 35.9 Å². The van der Waals surface area contributed by atoms with Crippen LogP contribution in [0.15, 0.2) is 36.4 Å². The highest BCUT2D eigenvalue weighted by atomic mass is 35.5. The van der Waals surface area contributed by atoms with Crippen molar-refractivity contribution in [3.05, 3.63) is 52.8 Å². The number of unbranched alkanes of at least 4 members (excludes halogenated alkanes) is 1. The van der Waals surface area contributed by atoms with Gasteiger partial charge in [0, 0.05) is 17.4 Å². The first-order valence-electron chi connectivity index (χ1n) is 8.00. The smallest absolute Gasteiger partial charge is 0.273 e. The molecule has 5 nitrogen and oxygen atoms in total. The number of anilines is 1. The number of para-hydroxylation sites is 1. The van der Waals surface area contributed by atoms with E-state index in [-0.39, 0.29) is 5.91 Å². The number of hydrogen-bond donors (Lipinski definition) is 1. The topological polar surface area (TPSA) is 59.8 Å². The molecule has 1 N–H and O–H groups in total. The van der Waals surface area contributed by atoms with Crippen LogP contribution in [0, 0.1) is 6.92 Å². The van der Waals surface area contributed by atoms with E-state index in [1.807, 2.05) is 25.1 Å². The molecule has 0 bridgehead atoms. The molecule has 0 atom stereocenters. The minimum atomic E-state index is -0.184. The normalized spacial score (nSPS) is 11.0. The minimum Gasteiger partial charge on any atom is -0.336 e. The van der Waals surface area contributed by atoms with Crippen molar-refractivity contribution in [3.63, 3.8) is 0 Å². The van der Waals surface area contributed by atoms with E-state index in [0.29, 0.717) is 16.7 Å². The Morgan fingerprint density at radius 2 is 2.00 bits per heavy atom. The maximum absolute atomic E-state index is 12.8. The van der Waals surface area contributed by atoms with E-state index in [4.69, 9.17) is 11.6 Å². The number of rotatable bonds is 5. The van der Waals surface area contributed by atoms with Crippen LogP contribution >= 0.6 is 11.6 Å². The van der Waals surface area contributed by atoms with Crippen molar-refractivity contribution in [2.45, 2.75) is 33.2 Å². The number of halogens is 1. The fraction of sp³-hybridized carbons (Fsp3) is 0.278. The predicted molar refractivity (Wildman–Crippen MR) is 96.6 cm³/mol. The number of aryl methyl sites for hydroxylation is 2. The standard InChI is InChI=1S/C18H19ClN4O/c1-3-4-11-23-14-8-6-5-7-13(14)12(2)17(23)18(24)20-16-10-9-15(19)21-22-16/h5-10H,3-4,11H2,1-2H3,(H,20,22,24). The maximum atomic E-state index is 12.8. The number of carbonyl (C=O) groups excluding carboxylic acids is 1. The van der Waals surface area contributed by atoms with Crippen molar-refractivity contribution in [2.24, 2.45) is 0 Å². The third-order valence-electron chi connectivity index (χ3n) is 4.05. The van der Waals surface area contributed by atoms with Crippen LogP contribution in [0.5, 0.6) is 0 Å². The average Bonchev–Trinajstić information content (AvgIpc) is 2.88. The number of benzene rings is 1. The largest absolute Gasteiger partial charge is 0.336 e. The van der Waals surface area contributed by atoms with Gasteiger partial charge in [0.25, 0.3) is 5.91 Å². The van der Waals surface area contributed by atoms with Gasteiger partial charge in [-0.2, -0.15) is 0 Å². The summed E-state index contributed by atoms with van der Waals surface area (Å²) in [6.45, 7) is 4.93. The number of aromatic nitrogens is 3. The summed E-state index contributed by atoms with van der Waals surface area (Å²) in [4.78, 5) is 12.8. The lowest BCUT2D eigenvalue weighted by atomic mass is 10.1. The quantitative estimate of drug-likeness (QED) is 0.745. The summed E-state index contributed by atoms with van der Waals surface area (Å²) in [6, 6.07) is 11.3. The third kappa shape index (κ3) is 3.12. The monoisotopic (exact) mass is 342 g/mol. The zero-order chi connectivity index (χ0) is 17.1. The first kappa shape index (κ1) is 16.5. The second-order valence-corrected chi connectivity index (χ2v) is 6.08. The van der Waals surface area contributed by atoms with Gasteiger partial charge in [0.1, 0.15) is 5.69 Å². The Morgan fingerprint density at radius 3 is 2.71 bits per heavy atom. The van der Waals surface area contributed by atoms with Gasteiger partial charge < -0.3 is 9.88 Å². The van der Waals surface area contributed by atoms with Crippen molar-refractivity contribution in [2.75, 3.05) is 5.32 Å². The molecule has 2 aromatic heterocycles. The Labute approximate surface area is 145 Å². The predicted octanol–water partition coefficient (Wildman–Crippen LogP) is 4.45. The van der Waals surface area contributed by atoms with E-state index in [1.54, 1.807) is 12.1 Å². The van der Waals surface area contributed by atoms with Gasteiger partial charge in [-0.1, -0.05) is 43.1 Å². The highest BCUT2D eigenvalue weighted by Gasteiger charge is 2.20. The molecule has 0 saturated carbocycles. The van der Waals surface area contributed by atoms with Crippen LogP contribution in [-0.2, 0) is 6.54 Å². The van der Waals surface area contributed by atoms with Crippen LogP contribution in [-0.4, -0.2) is 20.7 Å². The molecule has 0 aliphatic carbocycles. The first-order chi connectivity index (χ1) is 11.6. The van der Waals surface area contributed by atoms with E-state index >= 15 is 0 Å². The summed E-state index contributed by atoms with van der Waals surface area (Å²) >= 11 is 5.74. The number of nitrogens with one attached hydrogen (secondary N) is 1. The molecule has 24 heavy (non-hydrogen) atoms. The molecular formula is C18H19ClN4O. The third-order valence-corrected chi connectivity index (χ3v) is 4.25. The van der Waals surface area contributed by atoms with Crippen molar-refractivity contribution in [1.29, 1.82) is 0 Å². The molecule has 0 aliphatic rings.